The minimum Gasteiger partial charge on any atom is -0.380 e. The molecule has 2 atom stereocenters. The summed E-state index contributed by atoms with van der Waals surface area (Å²) in [5, 5.41) is 3.16. The van der Waals surface area contributed by atoms with Crippen molar-refractivity contribution in [3.05, 3.63) is 0 Å². The molecule has 1 aliphatic rings. The number of carbonyl (C=O) groups excluding carboxylic acids is 1. The SMILES string of the molecule is CCC1NCC(=O)N1CC(C)OC. The molecule has 1 N–H and O–H groups in total. The fourth-order valence-electron chi connectivity index (χ4n) is 1.54. The van der Waals surface area contributed by atoms with Crippen LogP contribution in [-0.2, 0) is 9.53 Å². The number of hydrogen-bond donors (Lipinski definition) is 1. The van der Waals surface area contributed by atoms with E-state index in [1.54, 1.807) is 7.11 Å². The summed E-state index contributed by atoms with van der Waals surface area (Å²) in [4.78, 5) is 13.3. The molecule has 0 aliphatic carbocycles. The molecular formula is C9H18N2O2. The van der Waals surface area contributed by atoms with Gasteiger partial charge in [0.15, 0.2) is 0 Å². The number of amides is 1. The standard InChI is InChI=1S/C9H18N2O2/c1-4-8-10-5-9(12)11(8)6-7(2)13-3/h7-8,10H,4-6H2,1-3H3. The molecule has 1 amide bonds. The van der Waals surface area contributed by atoms with Gasteiger partial charge in [-0.3, -0.25) is 10.1 Å². The molecule has 1 fully saturated rings. The predicted octanol–water partition coefficient (Wildman–Crippen LogP) is 0.189. The molecule has 0 aromatic carbocycles. The van der Waals surface area contributed by atoms with Crippen LogP contribution in [0.25, 0.3) is 0 Å². The summed E-state index contributed by atoms with van der Waals surface area (Å²) in [5.74, 6) is 0.177. The van der Waals surface area contributed by atoms with Gasteiger partial charge in [-0.05, 0) is 13.3 Å². The largest absolute Gasteiger partial charge is 0.380 e. The van der Waals surface area contributed by atoms with E-state index in [1.807, 2.05) is 11.8 Å². The molecule has 1 aliphatic heterocycles. The summed E-state index contributed by atoms with van der Waals surface area (Å²) in [6, 6.07) is 0. The first-order chi connectivity index (χ1) is 6.19. The minimum absolute atomic E-state index is 0.109. The highest BCUT2D eigenvalue weighted by Crippen LogP contribution is 2.09. The van der Waals surface area contributed by atoms with Gasteiger partial charge < -0.3 is 9.64 Å². The van der Waals surface area contributed by atoms with Crippen LogP contribution in [0, 0.1) is 0 Å². The fourth-order valence-corrected chi connectivity index (χ4v) is 1.54. The molecule has 0 bridgehead atoms. The quantitative estimate of drug-likeness (QED) is 0.681. The van der Waals surface area contributed by atoms with Crippen molar-refractivity contribution in [2.24, 2.45) is 0 Å². The smallest absolute Gasteiger partial charge is 0.237 e. The van der Waals surface area contributed by atoms with Crippen LogP contribution in [0.3, 0.4) is 0 Å². The zero-order valence-electron chi connectivity index (χ0n) is 8.54. The Morgan fingerprint density at radius 2 is 2.46 bits per heavy atom. The Hall–Kier alpha value is -0.610. The van der Waals surface area contributed by atoms with Gasteiger partial charge in [-0.2, -0.15) is 0 Å². The maximum Gasteiger partial charge on any atom is 0.237 e. The zero-order chi connectivity index (χ0) is 9.84. The highest BCUT2D eigenvalue weighted by Gasteiger charge is 2.29. The molecule has 1 saturated heterocycles. The van der Waals surface area contributed by atoms with Crippen molar-refractivity contribution in [1.82, 2.24) is 10.2 Å². The summed E-state index contributed by atoms with van der Waals surface area (Å²) in [6.45, 7) is 5.19. The second kappa shape index (κ2) is 4.58. The Morgan fingerprint density at radius 1 is 1.77 bits per heavy atom. The molecule has 13 heavy (non-hydrogen) atoms. The molecule has 1 heterocycles. The van der Waals surface area contributed by atoms with E-state index in [0.717, 1.165) is 6.42 Å². The Labute approximate surface area is 79.2 Å². The van der Waals surface area contributed by atoms with E-state index >= 15 is 0 Å². The Morgan fingerprint density at radius 3 is 3.00 bits per heavy atom. The highest BCUT2D eigenvalue weighted by atomic mass is 16.5. The number of nitrogens with zero attached hydrogens (tertiary/aromatic N) is 1. The predicted molar refractivity (Wildman–Crippen MR) is 50.3 cm³/mol. The van der Waals surface area contributed by atoms with Crippen LogP contribution in [-0.4, -0.2) is 43.3 Å². The fraction of sp³-hybridized carbons (Fsp3) is 0.889. The van der Waals surface area contributed by atoms with Crippen molar-refractivity contribution in [3.63, 3.8) is 0 Å². The van der Waals surface area contributed by atoms with Crippen molar-refractivity contribution < 1.29 is 9.53 Å². The van der Waals surface area contributed by atoms with Gasteiger partial charge in [0.1, 0.15) is 0 Å². The second-order valence-corrected chi connectivity index (χ2v) is 3.40. The first kappa shape index (κ1) is 10.5. The molecule has 2 unspecified atom stereocenters. The van der Waals surface area contributed by atoms with Crippen LogP contribution in [0.4, 0.5) is 0 Å². The van der Waals surface area contributed by atoms with Crippen molar-refractivity contribution in [1.29, 1.82) is 0 Å². The van der Waals surface area contributed by atoms with Crippen LogP contribution < -0.4 is 5.32 Å². The molecule has 0 aromatic rings. The van der Waals surface area contributed by atoms with Gasteiger partial charge >= 0.3 is 0 Å². The van der Waals surface area contributed by atoms with E-state index < -0.39 is 0 Å². The van der Waals surface area contributed by atoms with Crippen LogP contribution in [0.15, 0.2) is 0 Å². The molecular weight excluding hydrogens is 168 g/mol. The van der Waals surface area contributed by atoms with E-state index in [-0.39, 0.29) is 18.2 Å². The van der Waals surface area contributed by atoms with E-state index in [9.17, 15) is 4.79 Å². The first-order valence-electron chi connectivity index (χ1n) is 4.74. The van der Waals surface area contributed by atoms with Gasteiger partial charge in [-0.15, -0.1) is 0 Å². The summed E-state index contributed by atoms with van der Waals surface area (Å²) < 4.78 is 5.13. The third kappa shape index (κ3) is 2.42. The third-order valence-corrected chi connectivity index (χ3v) is 2.43. The lowest BCUT2D eigenvalue weighted by atomic mass is 10.3. The number of rotatable bonds is 4. The molecule has 0 spiro atoms. The monoisotopic (exact) mass is 186 g/mol. The summed E-state index contributed by atoms with van der Waals surface area (Å²) in [5.41, 5.74) is 0. The van der Waals surface area contributed by atoms with E-state index in [0.29, 0.717) is 13.1 Å². The number of carbonyl (C=O) groups is 1. The second-order valence-electron chi connectivity index (χ2n) is 3.40. The van der Waals surface area contributed by atoms with Crippen LogP contribution in [0.1, 0.15) is 20.3 Å². The van der Waals surface area contributed by atoms with Gasteiger partial charge in [-0.25, -0.2) is 0 Å². The minimum atomic E-state index is 0.109. The highest BCUT2D eigenvalue weighted by molar-refractivity contribution is 5.80. The van der Waals surface area contributed by atoms with Gasteiger partial charge in [0.05, 0.1) is 18.8 Å². The summed E-state index contributed by atoms with van der Waals surface area (Å²) in [7, 11) is 1.67. The molecule has 1 rings (SSSR count). The lowest BCUT2D eigenvalue weighted by molar-refractivity contribution is -0.129. The lowest BCUT2D eigenvalue weighted by Crippen LogP contribution is -2.41. The molecule has 0 aromatic heterocycles. The molecule has 4 heteroatoms. The molecule has 0 radical (unpaired) electrons. The van der Waals surface area contributed by atoms with Gasteiger partial charge in [0.2, 0.25) is 5.91 Å². The molecule has 4 nitrogen and oxygen atoms in total. The van der Waals surface area contributed by atoms with Gasteiger partial charge in [0.25, 0.3) is 0 Å². The maximum absolute atomic E-state index is 11.4. The normalized spacial score (nSPS) is 25.3. The van der Waals surface area contributed by atoms with Crippen molar-refractivity contribution in [3.8, 4) is 0 Å². The molecule has 76 valence electrons. The topological polar surface area (TPSA) is 41.6 Å². The maximum atomic E-state index is 11.4. The average Bonchev–Trinajstić information content (AvgIpc) is 2.48. The average molecular weight is 186 g/mol. The van der Waals surface area contributed by atoms with Crippen molar-refractivity contribution in [2.45, 2.75) is 32.5 Å². The van der Waals surface area contributed by atoms with Crippen LogP contribution >= 0.6 is 0 Å². The third-order valence-electron chi connectivity index (χ3n) is 2.43. The van der Waals surface area contributed by atoms with Crippen molar-refractivity contribution in [2.75, 3.05) is 20.2 Å². The Balaban J connectivity index is 2.49. The lowest BCUT2D eigenvalue weighted by Gasteiger charge is -2.25. The number of methoxy groups -OCH3 is 1. The Kier molecular flexibility index (Phi) is 3.69. The summed E-state index contributed by atoms with van der Waals surface area (Å²) >= 11 is 0. The van der Waals surface area contributed by atoms with E-state index in [4.69, 9.17) is 4.74 Å². The first-order valence-corrected chi connectivity index (χ1v) is 4.74. The summed E-state index contributed by atoms with van der Waals surface area (Å²) in [6.07, 6.45) is 1.25. The molecule has 0 saturated carbocycles. The Bertz CT molecular complexity index is 184. The number of nitrogens with one attached hydrogen (secondary N) is 1. The van der Waals surface area contributed by atoms with Crippen LogP contribution in [0.2, 0.25) is 0 Å². The van der Waals surface area contributed by atoms with Crippen LogP contribution in [0.5, 0.6) is 0 Å². The van der Waals surface area contributed by atoms with E-state index in [1.165, 1.54) is 0 Å². The van der Waals surface area contributed by atoms with Crippen molar-refractivity contribution >= 4 is 5.91 Å². The number of hydrogen-bond acceptors (Lipinski definition) is 3. The number of ether oxygens (including phenoxy) is 1. The van der Waals surface area contributed by atoms with Gasteiger partial charge in [-0.1, -0.05) is 6.92 Å². The van der Waals surface area contributed by atoms with E-state index in [2.05, 4.69) is 12.2 Å². The van der Waals surface area contributed by atoms with Gasteiger partial charge in [0, 0.05) is 13.7 Å². The zero-order valence-corrected chi connectivity index (χ0v) is 8.54.